The zero-order valence-corrected chi connectivity index (χ0v) is 10.4. The van der Waals surface area contributed by atoms with Gasteiger partial charge in [-0.15, -0.1) is 0 Å². The van der Waals surface area contributed by atoms with Gasteiger partial charge in [-0.25, -0.2) is 4.39 Å². The highest BCUT2D eigenvalue weighted by molar-refractivity contribution is 9.10. The lowest BCUT2D eigenvalue weighted by Gasteiger charge is -2.13. The summed E-state index contributed by atoms with van der Waals surface area (Å²) in [4.78, 5) is 0. The second-order valence-electron chi connectivity index (χ2n) is 4.22. The number of hydrogen-bond donors (Lipinski definition) is 1. The van der Waals surface area contributed by atoms with E-state index in [-0.39, 0.29) is 11.3 Å². The zero-order valence-electron chi connectivity index (χ0n) is 8.82. The molecule has 1 fully saturated rings. The predicted octanol–water partition coefficient (Wildman–Crippen LogP) is 2.77. The van der Waals surface area contributed by atoms with Gasteiger partial charge in [-0.05, 0) is 46.8 Å². The van der Waals surface area contributed by atoms with Gasteiger partial charge in [0.2, 0.25) is 5.82 Å². The van der Waals surface area contributed by atoms with Crippen molar-refractivity contribution in [2.45, 2.75) is 24.8 Å². The molecular weight excluding hydrogens is 280 g/mol. The summed E-state index contributed by atoms with van der Waals surface area (Å²) in [6, 6.07) is 1.53. The van der Waals surface area contributed by atoms with Crippen LogP contribution in [0.2, 0.25) is 0 Å². The van der Waals surface area contributed by atoms with Gasteiger partial charge in [0, 0.05) is 5.54 Å². The van der Waals surface area contributed by atoms with E-state index in [9.17, 15) is 8.78 Å². The first kappa shape index (κ1) is 11.8. The minimum absolute atomic E-state index is 0.108. The van der Waals surface area contributed by atoms with Gasteiger partial charge in [0.15, 0.2) is 11.6 Å². The van der Waals surface area contributed by atoms with Crippen LogP contribution in [0.1, 0.15) is 18.4 Å². The monoisotopic (exact) mass is 291 g/mol. The first-order valence-corrected chi connectivity index (χ1v) is 5.75. The number of rotatable bonds is 3. The lowest BCUT2D eigenvalue weighted by atomic mass is 10.0. The molecule has 0 atom stereocenters. The average molecular weight is 292 g/mol. The van der Waals surface area contributed by atoms with Gasteiger partial charge in [0.25, 0.3) is 0 Å². The van der Waals surface area contributed by atoms with E-state index in [1.54, 1.807) is 0 Å². The van der Waals surface area contributed by atoms with Gasteiger partial charge in [0.1, 0.15) is 0 Å². The van der Waals surface area contributed by atoms with Gasteiger partial charge >= 0.3 is 0 Å². The number of nitrogens with two attached hydrogens (primary N) is 1. The van der Waals surface area contributed by atoms with E-state index >= 15 is 0 Å². The molecule has 1 aromatic rings. The number of halogens is 3. The lowest BCUT2D eigenvalue weighted by molar-refractivity contribution is 0.366. The van der Waals surface area contributed by atoms with Gasteiger partial charge < -0.3 is 10.5 Å². The van der Waals surface area contributed by atoms with Crippen LogP contribution < -0.4 is 10.5 Å². The van der Waals surface area contributed by atoms with Crippen LogP contribution in [0.5, 0.6) is 5.75 Å². The van der Waals surface area contributed by atoms with Gasteiger partial charge in [-0.3, -0.25) is 0 Å². The average Bonchev–Trinajstić information content (AvgIpc) is 2.93. The number of benzene rings is 1. The second kappa shape index (κ2) is 3.96. The molecule has 1 aromatic carbocycles. The Morgan fingerprint density at radius 2 is 2.06 bits per heavy atom. The van der Waals surface area contributed by atoms with Crippen molar-refractivity contribution in [2.24, 2.45) is 5.73 Å². The maximum atomic E-state index is 13.7. The Balaban J connectivity index is 2.39. The fraction of sp³-hybridized carbons (Fsp3) is 0.455. The van der Waals surface area contributed by atoms with Crippen molar-refractivity contribution in [3.8, 4) is 5.75 Å². The van der Waals surface area contributed by atoms with Crippen molar-refractivity contribution in [2.75, 3.05) is 7.11 Å². The highest BCUT2D eigenvalue weighted by Gasteiger charge is 2.39. The molecule has 1 aliphatic rings. The van der Waals surface area contributed by atoms with E-state index in [1.165, 1.54) is 13.2 Å². The third-order valence-corrected chi connectivity index (χ3v) is 3.42. The van der Waals surface area contributed by atoms with Crippen molar-refractivity contribution < 1.29 is 13.5 Å². The van der Waals surface area contributed by atoms with E-state index in [0.717, 1.165) is 12.8 Å². The first-order valence-electron chi connectivity index (χ1n) is 4.96. The molecule has 88 valence electrons. The molecule has 0 unspecified atom stereocenters. The van der Waals surface area contributed by atoms with Crippen LogP contribution in [-0.4, -0.2) is 12.6 Å². The van der Waals surface area contributed by atoms with Crippen LogP contribution in [0.3, 0.4) is 0 Å². The van der Waals surface area contributed by atoms with Crippen molar-refractivity contribution in [3.63, 3.8) is 0 Å². The van der Waals surface area contributed by atoms with Crippen molar-refractivity contribution in [1.29, 1.82) is 0 Å². The molecule has 0 saturated heterocycles. The third-order valence-electron chi connectivity index (χ3n) is 2.83. The molecule has 0 radical (unpaired) electrons. The molecule has 5 heteroatoms. The van der Waals surface area contributed by atoms with Crippen molar-refractivity contribution in [1.82, 2.24) is 0 Å². The predicted molar refractivity (Wildman–Crippen MR) is 60.5 cm³/mol. The summed E-state index contributed by atoms with van der Waals surface area (Å²) in [5.74, 6) is -1.93. The largest absolute Gasteiger partial charge is 0.492 e. The van der Waals surface area contributed by atoms with Gasteiger partial charge in [-0.1, -0.05) is 0 Å². The van der Waals surface area contributed by atoms with Crippen LogP contribution in [0.15, 0.2) is 10.5 Å². The Kier molecular flexibility index (Phi) is 2.92. The maximum absolute atomic E-state index is 13.7. The highest BCUT2D eigenvalue weighted by atomic mass is 79.9. The van der Waals surface area contributed by atoms with Crippen LogP contribution in [-0.2, 0) is 6.42 Å². The SMILES string of the molecule is COc1c(Br)cc(CC2(N)CC2)c(F)c1F. The van der Waals surface area contributed by atoms with E-state index < -0.39 is 11.6 Å². The second-order valence-corrected chi connectivity index (χ2v) is 5.07. The molecule has 0 bridgehead atoms. The minimum Gasteiger partial charge on any atom is -0.492 e. The molecule has 1 aliphatic carbocycles. The van der Waals surface area contributed by atoms with Crippen LogP contribution in [0.4, 0.5) is 8.78 Å². The van der Waals surface area contributed by atoms with Crippen LogP contribution in [0.25, 0.3) is 0 Å². The summed E-state index contributed by atoms with van der Waals surface area (Å²) in [7, 11) is 1.30. The Bertz CT molecular complexity index is 432. The first-order chi connectivity index (χ1) is 7.47. The summed E-state index contributed by atoms with van der Waals surface area (Å²) >= 11 is 3.15. The van der Waals surface area contributed by atoms with Gasteiger partial charge in [-0.2, -0.15) is 4.39 Å². The lowest BCUT2D eigenvalue weighted by Crippen LogP contribution is -2.25. The van der Waals surface area contributed by atoms with Crippen LogP contribution >= 0.6 is 15.9 Å². The molecule has 2 nitrogen and oxygen atoms in total. The Morgan fingerprint density at radius 3 is 2.56 bits per heavy atom. The summed E-state index contributed by atoms with van der Waals surface area (Å²) < 4.78 is 32.4. The third kappa shape index (κ3) is 2.06. The van der Waals surface area contributed by atoms with Crippen molar-refractivity contribution in [3.05, 3.63) is 27.7 Å². The van der Waals surface area contributed by atoms with E-state index in [2.05, 4.69) is 15.9 Å². The number of methoxy groups -OCH3 is 1. The molecule has 0 spiro atoms. The fourth-order valence-corrected chi connectivity index (χ4v) is 2.27. The Labute approximate surface area is 101 Å². The summed E-state index contributed by atoms with van der Waals surface area (Å²) in [5, 5.41) is 0. The summed E-state index contributed by atoms with van der Waals surface area (Å²) in [6.45, 7) is 0. The van der Waals surface area contributed by atoms with Gasteiger partial charge in [0.05, 0.1) is 11.6 Å². The summed E-state index contributed by atoms with van der Waals surface area (Å²) in [6.07, 6.45) is 2.08. The van der Waals surface area contributed by atoms with Crippen LogP contribution in [0, 0.1) is 11.6 Å². The molecule has 0 aliphatic heterocycles. The van der Waals surface area contributed by atoms with E-state index in [0.29, 0.717) is 16.5 Å². The molecule has 0 heterocycles. The maximum Gasteiger partial charge on any atom is 0.202 e. The topological polar surface area (TPSA) is 35.2 Å². The Morgan fingerprint density at radius 1 is 1.44 bits per heavy atom. The Hall–Kier alpha value is -0.680. The number of hydrogen-bond acceptors (Lipinski definition) is 2. The standard InChI is InChI=1S/C11H12BrF2NO/c1-16-10-7(12)4-6(8(13)9(10)14)5-11(15)2-3-11/h4H,2-3,5,15H2,1H3. The minimum atomic E-state index is -0.962. The smallest absolute Gasteiger partial charge is 0.202 e. The molecule has 16 heavy (non-hydrogen) atoms. The molecule has 2 rings (SSSR count). The van der Waals surface area contributed by atoms with E-state index in [1.807, 2.05) is 0 Å². The molecule has 0 amide bonds. The molecule has 1 saturated carbocycles. The van der Waals surface area contributed by atoms with Crippen molar-refractivity contribution >= 4 is 15.9 Å². The number of ether oxygens (including phenoxy) is 1. The van der Waals surface area contributed by atoms with E-state index in [4.69, 9.17) is 10.5 Å². The fourth-order valence-electron chi connectivity index (χ4n) is 1.66. The molecule has 2 N–H and O–H groups in total. The molecular formula is C11H12BrF2NO. The zero-order chi connectivity index (χ0) is 11.9. The molecule has 0 aromatic heterocycles. The summed E-state index contributed by atoms with van der Waals surface area (Å²) in [5.41, 5.74) is 5.83. The normalized spacial score (nSPS) is 17.3. The quantitative estimate of drug-likeness (QED) is 0.869. The highest BCUT2D eigenvalue weighted by Crippen LogP contribution is 2.39.